The predicted molar refractivity (Wildman–Crippen MR) is 143 cm³/mol. The molecular weight excluding hydrogens is 440 g/mol. The van der Waals surface area contributed by atoms with Crippen LogP contribution in [0.4, 0.5) is 11.4 Å². The summed E-state index contributed by atoms with van der Waals surface area (Å²) < 4.78 is 0. The average molecular weight is 475 g/mol. The molecule has 2 amide bonds. The van der Waals surface area contributed by atoms with Crippen molar-refractivity contribution >= 4 is 35.0 Å². The van der Waals surface area contributed by atoms with Crippen molar-refractivity contribution in [1.82, 2.24) is 0 Å². The Bertz CT molecular complexity index is 1090. The van der Waals surface area contributed by atoms with E-state index < -0.39 is 5.25 Å². The number of hydrogen-bond acceptors (Lipinski definition) is 3. The Hall–Kier alpha value is -3.05. The molecule has 178 valence electrons. The number of carbonyl (C=O) groups is 2. The maximum Gasteiger partial charge on any atom is 0.242 e. The van der Waals surface area contributed by atoms with Crippen molar-refractivity contribution in [3.63, 3.8) is 0 Å². The van der Waals surface area contributed by atoms with Gasteiger partial charge in [-0.25, -0.2) is 0 Å². The van der Waals surface area contributed by atoms with E-state index >= 15 is 0 Å². The summed E-state index contributed by atoms with van der Waals surface area (Å²) in [5.74, 6) is 0.368. The van der Waals surface area contributed by atoms with Crippen LogP contribution in [-0.2, 0) is 9.59 Å². The first-order chi connectivity index (χ1) is 16.1. The van der Waals surface area contributed by atoms with Gasteiger partial charge in [0.25, 0.3) is 0 Å². The van der Waals surface area contributed by atoms with Crippen molar-refractivity contribution in [2.45, 2.75) is 57.1 Å². The van der Waals surface area contributed by atoms with Crippen LogP contribution in [0.1, 0.15) is 63.3 Å². The fourth-order valence-corrected chi connectivity index (χ4v) is 4.52. The SMILES string of the molecule is CC(C)c1ccc(NC(=O)C(Sc2ccc(NC(=O)CC(C)(C)C)cc2)c2ccccc2)cc1. The van der Waals surface area contributed by atoms with Crippen LogP contribution in [-0.4, -0.2) is 11.8 Å². The lowest BCUT2D eigenvalue weighted by molar-refractivity contribution is -0.118. The predicted octanol–water partition coefficient (Wildman–Crippen LogP) is 7.66. The van der Waals surface area contributed by atoms with E-state index in [1.165, 1.54) is 17.3 Å². The second-order valence-electron chi connectivity index (χ2n) is 9.98. The molecule has 0 fully saturated rings. The second-order valence-corrected chi connectivity index (χ2v) is 11.2. The highest BCUT2D eigenvalue weighted by Crippen LogP contribution is 2.37. The molecule has 0 aliphatic carbocycles. The van der Waals surface area contributed by atoms with Crippen molar-refractivity contribution in [3.8, 4) is 0 Å². The zero-order valence-corrected chi connectivity index (χ0v) is 21.4. The number of benzene rings is 3. The standard InChI is InChI=1S/C29H34N2O2S/c1-20(2)21-11-13-24(14-12-21)31-28(33)27(22-9-7-6-8-10-22)34-25-17-15-23(16-18-25)30-26(32)19-29(3,4)5/h6-18,20,27H,19H2,1-5H3,(H,30,32)(H,31,33). The zero-order chi connectivity index (χ0) is 24.7. The number of hydrogen-bond donors (Lipinski definition) is 2. The molecule has 0 aliphatic rings. The van der Waals surface area contributed by atoms with E-state index in [-0.39, 0.29) is 17.2 Å². The van der Waals surface area contributed by atoms with Crippen LogP contribution < -0.4 is 10.6 Å². The summed E-state index contributed by atoms with van der Waals surface area (Å²) in [5.41, 5.74) is 3.65. The minimum Gasteiger partial charge on any atom is -0.326 e. The van der Waals surface area contributed by atoms with Crippen LogP contribution >= 0.6 is 11.8 Å². The molecule has 0 spiro atoms. The van der Waals surface area contributed by atoms with Crippen molar-refractivity contribution in [3.05, 3.63) is 90.0 Å². The van der Waals surface area contributed by atoms with Gasteiger partial charge in [0.1, 0.15) is 5.25 Å². The quantitative estimate of drug-likeness (QED) is 0.330. The zero-order valence-electron chi connectivity index (χ0n) is 20.6. The van der Waals surface area contributed by atoms with Gasteiger partial charge in [-0.3, -0.25) is 9.59 Å². The lowest BCUT2D eigenvalue weighted by Crippen LogP contribution is -2.19. The molecular formula is C29H34N2O2S. The van der Waals surface area contributed by atoms with E-state index in [4.69, 9.17) is 0 Å². The molecule has 3 rings (SSSR count). The van der Waals surface area contributed by atoms with E-state index in [0.717, 1.165) is 21.8 Å². The first-order valence-corrected chi connectivity index (χ1v) is 12.5. The van der Waals surface area contributed by atoms with Gasteiger partial charge < -0.3 is 10.6 Å². The van der Waals surface area contributed by atoms with Crippen LogP contribution in [0.3, 0.4) is 0 Å². The first-order valence-electron chi connectivity index (χ1n) is 11.6. The van der Waals surface area contributed by atoms with E-state index in [1.807, 2.05) is 87.5 Å². The highest BCUT2D eigenvalue weighted by Gasteiger charge is 2.22. The van der Waals surface area contributed by atoms with Crippen LogP contribution in [0.2, 0.25) is 0 Å². The van der Waals surface area contributed by atoms with Gasteiger partial charge in [0, 0.05) is 22.7 Å². The van der Waals surface area contributed by atoms with Crippen LogP contribution in [0.25, 0.3) is 0 Å². The number of rotatable bonds is 8. The van der Waals surface area contributed by atoms with Crippen molar-refractivity contribution in [2.24, 2.45) is 5.41 Å². The third-order valence-electron chi connectivity index (χ3n) is 5.27. The smallest absolute Gasteiger partial charge is 0.242 e. The summed E-state index contributed by atoms with van der Waals surface area (Å²) in [6, 6.07) is 25.4. The molecule has 0 heterocycles. The molecule has 0 aliphatic heterocycles. The fraction of sp³-hybridized carbons (Fsp3) is 0.310. The minimum absolute atomic E-state index is 0.00192. The van der Waals surface area contributed by atoms with Crippen molar-refractivity contribution in [2.75, 3.05) is 10.6 Å². The molecule has 34 heavy (non-hydrogen) atoms. The molecule has 0 bridgehead atoms. The largest absolute Gasteiger partial charge is 0.326 e. The maximum absolute atomic E-state index is 13.3. The third-order valence-corrected chi connectivity index (χ3v) is 6.53. The van der Waals surface area contributed by atoms with Crippen LogP contribution in [0.5, 0.6) is 0 Å². The summed E-state index contributed by atoms with van der Waals surface area (Å²) in [7, 11) is 0. The maximum atomic E-state index is 13.3. The molecule has 0 saturated carbocycles. The minimum atomic E-state index is -0.410. The Morgan fingerprint density at radius 2 is 1.32 bits per heavy atom. The fourth-order valence-electron chi connectivity index (χ4n) is 3.50. The van der Waals surface area contributed by atoms with E-state index in [9.17, 15) is 9.59 Å². The molecule has 0 saturated heterocycles. The number of amides is 2. The normalized spacial score (nSPS) is 12.3. The van der Waals surface area contributed by atoms with Gasteiger partial charge in [-0.2, -0.15) is 0 Å². The molecule has 3 aromatic rings. The molecule has 1 atom stereocenters. The summed E-state index contributed by atoms with van der Waals surface area (Å²) in [5, 5.41) is 5.61. The molecule has 5 heteroatoms. The Kier molecular flexibility index (Phi) is 8.56. The molecule has 0 radical (unpaired) electrons. The van der Waals surface area contributed by atoms with Gasteiger partial charge in [0.2, 0.25) is 11.8 Å². The van der Waals surface area contributed by atoms with Gasteiger partial charge in [-0.1, -0.05) is 77.1 Å². The topological polar surface area (TPSA) is 58.2 Å². The molecule has 3 aromatic carbocycles. The van der Waals surface area contributed by atoms with Crippen molar-refractivity contribution in [1.29, 1.82) is 0 Å². The Morgan fingerprint density at radius 3 is 1.88 bits per heavy atom. The number of carbonyl (C=O) groups excluding carboxylic acids is 2. The monoisotopic (exact) mass is 474 g/mol. The van der Waals surface area contributed by atoms with E-state index in [0.29, 0.717) is 12.3 Å². The summed E-state index contributed by atoms with van der Waals surface area (Å²) >= 11 is 1.49. The van der Waals surface area contributed by atoms with E-state index in [2.05, 4.69) is 36.6 Å². The first kappa shape index (κ1) is 25.6. The van der Waals surface area contributed by atoms with Gasteiger partial charge in [0.15, 0.2) is 0 Å². The molecule has 0 aromatic heterocycles. The van der Waals surface area contributed by atoms with Gasteiger partial charge in [-0.05, 0) is 58.9 Å². The van der Waals surface area contributed by atoms with Gasteiger partial charge in [-0.15, -0.1) is 11.8 Å². The molecule has 1 unspecified atom stereocenters. The molecule has 4 nitrogen and oxygen atoms in total. The number of nitrogens with one attached hydrogen (secondary N) is 2. The van der Waals surface area contributed by atoms with Crippen LogP contribution in [0, 0.1) is 5.41 Å². The Balaban J connectivity index is 1.73. The Labute approximate surface area is 207 Å². The summed E-state index contributed by atoms with van der Waals surface area (Å²) in [6.07, 6.45) is 0.456. The van der Waals surface area contributed by atoms with Gasteiger partial charge in [0.05, 0.1) is 0 Å². The summed E-state index contributed by atoms with van der Waals surface area (Å²) in [6.45, 7) is 10.4. The average Bonchev–Trinajstić information content (AvgIpc) is 2.78. The Morgan fingerprint density at radius 1 is 0.765 bits per heavy atom. The van der Waals surface area contributed by atoms with Gasteiger partial charge >= 0.3 is 0 Å². The van der Waals surface area contributed by atoms with E-state index in [1.54, 1.807) is 0 Å². The van der Waals surface area contributed by atoms with Crippen molar-refractivity contribution < 1.29 is 9.59 Å². The third kappa shape index (κ3) is 7.77. The highest BCUT2D eigenvalue weighted by atomic mass is 32.2. The highest BCUT2D eigenvalue weighted by molar-refractivity contribution is 8.00. The lowest BCUT2D eigenvalue weighted by atomic mass is 9.92. The summed E-state index contributed by atoms with van der Waals surface area (Å²) in [4.78, 5) is 26.5. The lowest BCUT2D eigenvalue weighted by Gasteiger charge is -2.18. The number of thioether (sulfide) groups is 1. The second kappa shape index (κ2) is 11.4. The number of anilines is 2. The molecule has 2 N–H and O–H groups in total. The van der Waals surface area contributed by atoms with Crippen LogP contribution in [0.15, 0.2) is 83.8 Å².